The van der Waals surface area contributed by atoms with Gasteiger partial charge in [0.15, 0.2) is 0 Å². The zero-order valence-corrected chi connectivity index (χ0v) is 16.7. The first-order chi connectivity index (χ1) is 12.3. The molecule has 0 unspecified atom stereocenters. The van der Waals surface area contributed by atoms with Gasteiger partial charge in [0, 0.05) is 25.6 Å². The van der Waals surface area contributed by atoms with Crippen molar-refractivity contribution in [1.29, 1.82) is 0 Å². The van der Waals surface area contributed by atoms with Gasteiger partial charge in [-0.3, -0.25) is 4.79 Å². The van der Waals surface area contributed by atoms with Crippen molar-refractivity contribution in [3.05, 3.63) is 0 Å². The van der Waals surface area contributed by atoms with E-state index in [1.54, 1.807) is 0 Å². The molecule has 4 saturated carbocycles. The number of carbonyl (C=O) groups excluding carboxylic acids is 1. The second-order valence-electron chi connectivity index (χ2n) is 9.14. The van der Waals surface area contributed by atoms with Crippen molar-refractivity contribution in [2.45, 2.75) is 58.2 Å². The topological polar surface area (TPSA) is 75.7 Å². The van der Waals surface area contributed by atoms with Crippen LogP contribution in [0.3, 0.4) is 0 Å². The Morgan fingerprint density at radius 2 is 1.54 bits per heavy atom. The van der Waals surface area contributed by atoms with Crippen LogP contribution in [-0.4, -0.2) is 56.2 Å². The first kappa shape index (κ1) is 18.7. The fourth-order valence-electron chi connectivity index (χ4n) is 6.26. The van der Waals surface area contributed by atoms with Crippen LogP contribution >= 0.6 is 0 Å². The molecule has 5 fully saturated rings. The highest BCUT2D eigenvalue weighted by atomic mass is 32.2. The average molecular weight is 385 g/mol. The fourth-order valence-corrected chi connectivity index (χ4v) is 7.75. The van der Waals surface area contributed by atoms with Crippen molar-refractivity contribution in [3.8, 4) is 0 Å². The minimum absolute atomic E-state index is 0.0223. The smallest absolute Gasteiger partial charge is 0.223 e. The number of hydrogen-bond donors (Lipinski definition) is 1. The Kier molecular flexibility index (Phi) is 5.07. The summed E-state index contributed by atoms with van der Waals surface area (Å²) in [6.45, 7) is 4.80. The van der Waals surface area contributed by atoms with E-state index >= 15 is 0 Å². The van der Waals surface area contributed by atoms with Gasteiger partial charge in [0.25, 0.3) is 0 Å². The molecular weight excluding hydrogens is 352 g/mol. The zero-order valence-electron chi connectivity index (χ0n) is 15.9. The van der Waals surface area contributed by atoms with Crippen LogP contribution in [0.25, 0.3) is 0 Å². The van der Waals surface area contributed by atoms with E-state index in [1.807, 2.05) is 13.8 Å². The third kappa shape index (κ3) is 3.67. The number of nitrogens with one attached hydrogen (secondary N) is 1. The molecule has 2 atom stereocenters. The van der Waals surface area contributed by atoms with E-state index < -0.39 is 10.0 Å². The van der Waals surface area contributed by atoms with Gasteiger partial charge in [0.05, 0.1) is 18.0 Å². The Morgan fingerprint density at radius 3 is 2.08 bits per heavy atom. The predicted molar refractivity (Wildman–Crippen MR) is 98.9 cm³/mol. The number of ether oxygens (including phenoxy) is 1. The summed E-state index contributed by atoms with van der Waals surface area (Å²) in [6.07, 6.45) is 6.00. The van der Waals surface area contributed by atoms with Gasteiger partial charge in [-0.2, -0.15) is 4.31 Å². The van der Waals surface area contributed by atoms with Crippen molar-refractivity contribution in [1.82, 2.24) is 9.62 Å². The van der Waals surface area contributed by atoms with Crippen LogP contribution in [0.4, 0.5) is 0 Å². The summed E-state index contributed by atoms with van der Waals surface area (Å²) < 4.78 is 32.3. The summed E-state index contributed by atoms with van der Waals surface area (Å²) in [5, 5.41) is 2.95. The van der Waals surface area contributed by atoms with Gasteiger partial charge in [-0.1, -0.05) is 0 Å². The average Bonchev–Trinajstić information content (AvgIpc) is 2.52. The van der Waals surface area contributed by atoms with Crippen molar-refractivity contribution in [2.75, 3.05) is 25.4 Å². The molecule has 1 heterocycles. The van der Waals surface area contributed by atoms with Crippen LogP contribution in [0.2, 0.25) is 0 Å². The van der Waals surface area contributed by atoms with Crippen LogP contribution < -0.4 is 5.32 Å². The maximum atomic E-state index is 12.8. The molecule has 4 aliphatic carbocycles. The molecule has 0 aromatic carbocycles. The minimum Gasteiger partial charge on any atom is -0.373 e. The molecule has 7 heteroatoms. The lowest BCUT2D eigenvalue weighted by molar-refractivity contribution is -0.138. The standard InChI is InChI=1S/C19H32N2O4S/c1-12-10-21(11-13(2)25-12)26(23,24)4-3-20-19(22)18-16-6-14-5-15(8-16)9-17(18)7-14/h12-18H,3-11H2,1-2H3,(H,20,22)/t12-,13-,14?,15?,16?,17?,18?/m0/s1. The molecule has 0 radical (unpaired) electrons. The number of amides is 1. The summed E-state index contributed by atoms with van der Waals surface area (Å²) in [7, 11) is -3.36. The van der Waals surface area contributed by atoms with Crippen LogP contribution in [0.1, 0.15) is 46.0 Å². The van der Waals surface area contributed by atoms with Crippen molar-refractivity contribution in [3.63, 3.8) is 0 Å². The number of hydrogen-bond acceptors (Lipinski definition) is 4. The van der Waals surface area contributed by atoms with Gasteiger partial charge in [0.1, 0.15) is 0 Å². The van der Waals surface area contributed by atoms with Crippen LogP contribution in [0.15, 0.2) is 0 Å². The molecule has 6 nitrogen and oxygen atoms in total. The Bertz CT molecular complexity index is 612. The van der Waals surface area contributed by atoms with E-state index in [9.17, 15) is 13.2 Å². The minimum atomic E-state index is -3.36. The van der Waals surface area contributed by atoms with Gasteiger partial charge in [-0.05, 0) is 69.6 Å². The summed E-state index contributed by atoms with van der Waals surface area (Å²) in [6, 6.07) is 0. The quantitative estimate of drug-likeness (QED) is 0.781. The molecular formula is C19H32N2O4S. The van der Waals surface area contributed by atoms with E-state index in [2.05, 4.69) is 5.32 Å². The van der Waals surface area contributed by atoms with Gasteiger partial charge >= 0.3 is 0 Å². The summed E-state index contributed by atoms with van der Waals surface area (Å²) in [5.41, 5.74) is 0. The van der Waals surface area contributed by atoms with E-state index in [1.165, 1.54) is 36.4 Å². The van der Waals surface area contributed by atoms with Crippen LogP contribution in [-0.2, 0) is 19.6 Å². The molecule has 148 valence electrons. The molecule has 5 rings (SSSR count). The van der Waals surface area contributed by atoms with Gasteiger partial charge < -0.3 is 10.1 Å². The Balaban J connectivity index is 1.30. The predicted octanol–water partition coefficient (Wildman–Crippen LogP) is 1.61. The molecule has 0 spiro atoms. The Morgan fingerprint density at radius 1 is 1.00 bits per heavy atom. The molecule has 0 aromatic heterocycles. The Hall–Kier alpha value is -0.660. The lowest BCUT2D eigenvalue weighted by Crippen LogP contribution is -2.52. The third-order valence-corrected chi connectivity index (χ3v) is 8.77. The number of rotatable bonds is 5. The number of sulfonamides is 1. The molecule has 1 aliphatic heterocycles. The Labute approximate surface area is 157 Å². The van der Waals surface area contributed by atoms with E-state index in [-0.39, 0.29) is 36.3 Å². The summed E-state index contributed by atoms with van der Waals surface area (Å²) >= 11 is 0. The van der Waals surface area contributed by atoms with Crippen molar-refractivity contribution >= 4 is 15.9 Å². The highest BCUT2D eigenvalue weighted by Crippen LogP contribution is 2.56. The molecule has 4 bridgehead atoms. The largest absolute Gasteiger partial charge is 0.373 e. The summed E-state index contributed by atoms with van der Waals surface area (Å²) in [5.74, 6) is 2.93. The lowest BCUT2D eigenvalue weighted by atomic mass is 9.51. The SMILES string of the molecule is C[C@H]1CN(S(=O)(=O)CCNC(=O)C2C3CC4CC(C3)CC2C4)C[C@H](C)O1. The third-order valence-electron chi connectivity index (χ3n) is 6.97. The highest BCUT2D eigenvalue weighted by Gasteiger charge is 2.50. The number of morpholine rings is 1. The second-order valence-corrected chi connectivity index (χ2v) is 11.2. The molecule has 0 aromatic rings. The molecule has 5 aliphatic rings. The van der Waals surface area contributed by atoms with Crippen LogP contribution in [0.5, 0.6) is 0 Å². The molecule has 1 N–H and O–H groups in total. The summed E-state index contributed by atoms with van der Waals surface area (Å²) in [4.78, 5) is 12.8. The van der Waals surface area contributed by atoms with Gasteiger partial charge in [-0.25, -0.2) is 8.42 Å². The van der Waals surface area contributed by atoms with Crippen molar-refractivity contribution < 1.29 is 17.9 Å². The van der Waals surface area contributed by atoms with E-state index in [4.69, 9.17) is 4.74 Å². The first-order valence-corrected chi connectivity index (χ1v) is 11.8. The van der Waals surface area contributed by atoms with E-state index in [0.717, 1.165) is 11.8 Å². The lowest BCUT2D eigenvalue weighted by Gasteiger charge is -2.53. The van der Waals surface area contributed by atoms with E-state index in [0.29, 0.717) is 24.9 Å². The van der Waals surface area contributed by atoms with Gasteiger partial charge in [0.2, 0.25) is 15.9 Å². The fraction of sp³-hybridized carbons (Fsp3) is 0.947. The maximum absolute atomic E-state index is 12.8. The molecule has 1 saturated heterocycles. The van der Waals surface area contributed by atoms with Crippen LogP contribution in [0, 0.1) is 29.6 Å². The number of carbonyl (C=O) groups is 1. The zero-order chi connectivity index (χ0) is 18.5. The maximum Gasteiger partial charge on any atom is 0.223 e. The van der Waals surface area contributed by atoms with Gasteiger partial charge in [-0.15, -0.1) is 0 Å². The van der Waals surface area contributed by atoms with Crippen molar-refractivity contribution in [2.24, 2.45) is 29.6 Å². The molecule has 1 amide bonds. The second kappa shape index (κ2) is 7.06. The molecule has 26 heavy (non-hydrogen) atoms. The first-order valence-electron chi connectivity index (χ1n) is 10.2. The normalized spacial score (nSPS) is 42.8. The monoisotopic (exact) mass is 384 g/mol. The number of nitrogens with zero attached hydrogens (tertiary/aromatic N) is 1. The highest BCUT2D eigenvalue weighted by molar-refractivity contribution is 7.89.